The van der Waals surface area contributed by atoms with Gasteiger partial charge in [-0.05, 0) is 31.6 Å². The van der Waals surface area contributed by atoms with Gasteiger partial charge >= 0.3 is 0 Å². The van der Waals surface area contributed by atoms with Gasteiger partial charge in [-0.2, -0.15) is 0 Å². The van der Waals surface area contributed by atoms with Crippen LogP contribution in [0.15, 0.2) is 4.52 Å². The topological polar surface area (TPSA) is 49.6 Å². The first-order valence-electron chi connectivity index (χ1n) is 9.73. The van der Waals surface area contributed by atoms with Crippen LogP contribution < -0.4 is 0 Å². The van der Waals surface area contributed by atoms with Crippen molar-refractivity contribution in [2.24, 2.45) is 5.92 Å². The van der Waals surface area contributed by atoms with Gasteiger partial charge in [0, 0.05) is 44.2 Å². The van der Waals surface area contributed by atoms with Crippen molar-refractivity contribution in [3.63, 3.8) is 0 Å². The van der Waals surface area contributed by atoms with E-state index in [1.54, 1.807) is 0 Å². The van der Waals surface area contributed by atoms with Crippen molar-refractivity contribution in [3.8, 4) is 0 Å². The van der Waals surface area contributed by atoms with Crippen LogP contribution in [0.3, 0.4) is 0 Å². The Labute approximate surface area is 144 Å². The Bertz CT molecular complexity index is 583. The second-order valence-electron chi connectivity index (χ2n) is 7.90. The lowest BCUT2D eigenvalue weighted by Gasteiger charge is -2.40. The third kappa shape index (κ3) is 3.10. The van der Waals surface area contributed by atoms with Gasteiger partial charge < -0.3 is 9.42 Å². The Morgan fingerprint density at radius 1 is 1.08 bits per heavy atom. The highest BCUT2D eigenvalue weighted by Crippen LogP contribution is 2.29. The zero-order chi connectivity index (χ0) is 16.5. The fourth-order valence-corrected chi connectivity index (χ4v) is 4.63. The van der Waals surface area contributed by atoms with Crippen molar-refractivity contribution in [2.75, 3.05) is 26.2 Å². The Morgan fingerprint density at radius 3 is 2.58 bits per heavy atom. The Hall–Kier alpha value is -1.36. The van der Waals surface area contributed by atoms with Crippen molar-refractivity contribution in [2.45, 2.75) is 64.3 Å². The molecule has 2 heterocycles. The lowest BCUT2D eigenvalue weighted by atomic mass is 9.88. The Kier molecular flexibility index (Phi) is 4.61. The van der Waals surface area contributed by atoms with Gasteiger partial charge in [-0.3, -0.25) is 9.69 Å². The number of rotatable bonds is 2. The van der Waals surface area contributed by atoms with Crippen molar-refractivity contribution in [1.82, 2.24) is 15.0 Å². The molecule has 2 aliphatic carbocycles. The van der Waals surface area contributed by atoms with Crippen LogP contribution >= 0.6 is 0 Å². The average Bonchev–Trinajstić information content (AvgIpc) is 3.05. The Morgan fingerprint density at radius 2 is 1.83 bits per heavy atom. The van der Waals surface area contributed by atoms with Gasteiger partial charge in [-0.15, -0.1) is 0 Å². The molecule has 132 valence electrons. The molecule has 0 spiro atoms. The SMILES string of the molecule is CC1CCc2onc(C(=O)N3CCN(C4CCCCC4)CC3)c2C1. The predicted octanol–water partition coefficient (Wildman–Crippen LogP) is 2.89. The fourth-order valence-electron chi connectivity index (χ4n) is 4.63. The van der Waals surface area contributed by atoms with Gasteiger partial charge in [0.25, 0.3) is 5.91 Å². The molecule has 5 heteroatoms. The molecule has 3 aliphatic rings. The first kappa shape index (κ1) is 16.1. The highest BCUT2D eigenvalue weighted by molar-refractivity contribution is 5.94. The fraction of sp³-hybridized carbons (Fsp3) is 0.789. The number of piperazine rings is 1. The van der Waals surface area contributed by atoms with Gasteiger partial charge in [0.1, 0.15) is 5.76 Å². The molecule has 0 N–H and O–H groups in total. The van der Waals surface area contributed by atoms with E-state index in [0.29, 0.717) is 11.6 Å². The average molecular weight is 331 g/mol. The summed E-state index contributed by atoms with van der Waals surface area (Å²) in [5.74, 6) is 1.64. The number of fused-ring (bicyclic) bond motifs is 1. The maximum Gasteiger partial charge on any atom is 0.276 e. The first-order valence-corrected chi connectivity index (χ1v) is 9.73. The predicted molar refractivity (Wildman–Crippen MR) is 92.0 cm³/mol. The van der Waals surface area contributed by atoms with Gasteiger partial charge in [-0.25, -0.2) is 0 Å². The molecule has 1 saturated heterocycles. The molecular formula is C19H29N3O2. The molecular weight excluding hydrogens is 302 g/mol. The molecule has 1 amide bonds. The van der Waals surface area contributed by atoms with E-state index in [0.717, 1.165) is 62.8 Å². The van der Waals surface area contributed by atoms with Crippen molar-refractivity contribution in [1.29, 1.82) is 0 Å². The number of nitrogens with zero attached hydrogens (tertiary/aromatic N) is 3. The van der Waals surface area contributed by atoms with Crippen LogP contribution in [0.5, 0.6) is 0 Å². The minimum Gasteiger partial charge on any atom is -0.360 e. The van der Waals surface area contributed by atoms with E-state index in [4.69, 9.17) is 4.52 Å². The van der Waals surface area contributed by atoms with Crippen LogP contribution in [0, 0.1) is 5.92 Å². The largest absolute Gasteiger partial charge is 0.360 e. The second-order valence-corrected chi connectivity index (χ2v) is 7.90. The monoisotopic (exact) mass is 331 g/mol. The van der Waals surface area contributed by atoms with Crippen LogP contribution in [-0.4, -0.2) is 53.1 Å². The van der Waals surface area contributed by atoms with E-state index in [1.807, 2.05) is 4.90 Å². The van der Waals surface area contributed by atoms with Gasteiger partial charge in [0.15, 0.2) is 5.69 Å². The number of aryl methyl sites for hydroxylation is 1. The Balaban J connectivity index is 1.39. The summed E-state index contributed by atoms with van der Waals surface area (Å²) < 4.78 is 5.46. The van der Waals surface area contributed by atoms with Gasteiger partial charge in [0.05, 0.1) is 0 Å². The lowest BCUT2D eigenvalue weighted by molar-refractivity contribution is 0.0514. The van der Waals surface area contributed by atoms with E-state index in [9.17, 15) is 4.79 Å². The summed E-state index contributed by atoms with van der Waals surface area (Å²) in [6.07, 6.45) is 9.79. The maximum atomic E-state index is 12.9. The number of aromatic nitrogens is 1. The maximum absolute atomic E-state index is 12.9. The summed E-state index contributed by atoms with van der Waals surface area (Å²) in [6, 6.07) is 0.747. The standard InChI is InChI=1S/C19H29N3O2/c1-14-7-8-17-16(13-14)18(20-24-17)19(23)22-11-9-21(10-12-22)15-5-3-2-4-6-15/h14-15H,2-13H2,1H3. The van der Waals surface area contributed by atoms with E-state index in [1.165, 1.54) is 32.1 Å². The van der Waals surface area contributed by atoms with Crippen molar-refractivity contribution in [3.05, 3.63) is 17.0 Å². The van der Waals surface area contributed by atoms with Crippen LogP contribution in [0.4, 0.5) is 0 Å². The van der Waals surface area contributed by atoms with Crippen molar-refractivity contribution < 1.29 is 9.32 Å². The number of carbonyl (C=O) groups excluding carboxylic acids is 1. The van der Waals surface area contributed by atoms with E-state index in [2.05, 4.69) is 17.0 Å². The highest BCUT2D eigenvalue weighted by Gasteiger charge is 2.32. The molecule has 5 nitrogen and oxygen atoms in total. The molecule has 0 aromatic carbocycles. The number of hydrogen-bond acceptors (Lipinski definition) is 4. The molecule has 4 rings (SSSR count). The minimum absolute atomic E-state index is 0.0809. The molecule has 2 fully saturated rings. The van der Waals surface area contributed by atoms with Gasteiger partial charge in [-0.1, -0.05) is 31.3 Å². The lowest BCUT2D eigenvalue weighted by Crippen LogP contribution is -2.52. The second kappa shape index (κ2) is 6.87. The number of hydrogen-bond donors (Lipinski definition) is 0. The van der Waals surface area contributed by atoms with Crippen LogP contribution in [0.1, 0.15) is 67.3 Å². The van der Waals surface area contributed by atoms with E-state index >= 15 is 0 Å². The third-order valence-corrected chi connectivity index (χ3v) is 6.18. The normalized spacial score (nSPS) is 26.4. The number of carbonyl (C=O) groups is 1. The zero-order valence-corrected chi connectivity index (χ0v) is 14.8. The summed E-state index contributed by atoms with van der Waals surface area (Å²) >= 11 is 0. The molecule has 0 bridgehead atoms. The molecule has 1 saturated carbocycles. The molecule has 1 unspecified atom stereocenters. The molecule has 1 atom stereocenters. The van der Waals surface area contributed by atoms with E-state index in [-0.39, 0.29) is 5.91 Å². The molecule has 1 aliphatic heterocycles. The molecule has 0 radical (unpaired) electrons. The smallest absolute Gasteiger partial charge is 0.276 e. The third-order valence-electron chi connectivity index (χ3n) is 6.18. The molecule has 1 aromatic rings. The van der Waals surface area contributed by atoms with Crippen LogP contribution in [0.25, 0.3) is 0 Å². The minimum atomic E-state index is 0.0809. The summed E-state index contributed by atoms with van der Waals surface area (Å²) in [5.41, 5.74) is 1.66. The molecule has 24 heavy (non-hydrogen) atoms. The highest BCUT2D eigenvalue weighted by atomic mass is 16.5. The summed E-state index contributed by atoms with van der Waals surface area (Å²) in [7, 11) is 0. The van der Waals surface area contributed by atoms with E-state index < -0.39 is 0 Å². The van der Waals surface area contributed by atoms with Gasteiger partial charge in [0.2, 0.25) is 0 Å². The van der Waals surface area contributed by atoms with Crippen LogP contribution in [0.2, 0.25) is 0 Å². The quantitative estimate of drug-likeness (QED) is 0.836. The first-order chi connectivity index (χ1) is 11.7. The van der Waals surface area contributed by atoms with Crippen LogP contribution in [-0.2, 0) is 12.8 Å². The summed E-state index contributed by atoms with van der Waals surface area (Å²) in [4.78, 5) is 17.5. The summed E-state index contributed by atoms with van der Waals surface area (Å²) in [6.45, 7) is 5.91. The van der Waals surface area contributed by atoms with Crippen molar-refractivity contribution >= 4 is 5.91 Å². The zero-order valence-electron chi connectivity index (χ0n) is 14.8. The molecule has 1 aromatic heterocycles. The summed E-state index contributed by atoms with van der Waals surface area (Å²) in [5, 5.41) is 4.14. The number of amides is 1.